The Morgan fingerprint density at radius 1 is 1.26 bits per heavy atom. The number of halogens is 1. The fourth-order valence-corrected chi connectivity index (χ4v) is 2.97. The van der Waals surface area contributed by atoms with Gasteiger partial charge < -0.3 is 5.32 Å². The van der Waals surface area contributed by atoms with E-state index >= 15 is 0 Å². The maximum atomic E-state index is 13.0. The van der Waals surface area contributed by atoms with Crippen LogP contribution >= 0.6 is 11.3 Å². The number of benzene rings is 1. The van der Waals surface area contributed by atoms with Crippen LogP contribution in [-0.4, -0.2) is 6.54 Å². The van der Waals surface area contributed by atoms with Crippen LogP contribution in [-0.2, 0) is 12.0 Å². The van der Waals surface area contributed by atoms with Gasteiger partial charge in [-0.25, -0.2) is 4.39 Å². The standard InChI is InChI=1S/C16H20FNS/c1-12-9-14(17)7-6-13(12)10-18-11-16(2,3)15-5-4-8-19-15/h4-9,18H,10-11H2,1-3H3. The average Bonchev–Trinajstić information content (AvgIpc) is 2.86. The number of rotatable bonds is 5. The highest BCUT2D eigenvalue weighted by atomic mass is 32.1. The van der Waals surface area contributed by atoms with Crippen molar-refractivity contribution in [2.45, 2.75) is 32.7 Å². The van der Waals surface area contributed by atoms with Crippen molar-refractivity contribution < 1.29 is 4.39 Å². The minimum absolute atomic E-state index is 0.127. The lowest BCUT2D eigenvalue weighted by Crippen LogP contribution is -2.32. The molecule has 0 aliphatic carbocycles. The molecular formula is C16H20FNS. The summed E-state index contributed by atoms with van der Waals surface area (Å²) in [4.78, 5) is 1.39. The Morgan fingerprint density at radius 2 is 2.05 bits per heavy atom. The summed E-state index contributed by atoms with van der Waals surface area (Å²) in [5.41, 5.74) is 2.28. The molecule has 1 nitrogen and oxygen atoms in total. The van der Waals surface area contributed by atoms with Crippen molar-refractivity contribution in [3.63, 3.8) is 0 Å². The summed E-state index contributed by atoms with van der Waals surface area (Å²) in [7, 11) is 0. The maximum Gasteiger partial charge on any atom is 0.123 e. The van der Waals surface area contributed by atoms with Crippen molar-refractivity contribution in [3.8, 4) is 0 Å². The van der Waals surface area contributed by atoms with E-state index in [4.69, 9.17) is 0 Å². The third kappa shape index (κ3) is 3.64. The maximum absolute atomic E-state index is 13.0. The highest BCUT2D eigenvalue weighted by Gasteiger charge is 2.20. The van der Waals surface area contributed by atoms with Gasteiger partial charge in [-0.15, -0.1) is 11.3 Å². The van der Waals surface area contributed by atoms with E-state index in [0.29, 0.717) is 0 Å². The molecule has 2 rings (SSSR count). The van der Waals surface area contributed by atoms with Gasteiger partial charge >= 0.3 is 0 Å². The Bertz CT molecular complexity index is 532. The van der Waals surface area contributed by atoms with Crippen LogP contribution in [0.15, 0.2) is 35.7 Å². The van der Waals surface area contributed by atoms with Crippen LogP contribution in [0.2, 0.25) is 0 Å². The minimum Gasteiger partial charge on any atom is -0.312 e. The first-order valence-electron chi connectivity index (χ1n) is 6.49. The van der Waals surface area contributed by atoms with Crippen molar-refractivity contribution >= 4 is 11.3 Å². The molecule has 0 unspecified atom stereocenters. The molecule has 0 atom stereocenters. The molecule has 0 fully saturated rings. The quantitative estimate of drug-likeness (QED) is 0.861. The van der Waals surface area contributed by atoms with Gasteiger partial charge in [0, 0.05) is 23.4 Å². The van der Waals surface area contributed by atoms with Gasteiger partial charge in [0.25, 0.3) is 0 Å². The van der Waals surface area contributed by atoms with E-state index in [0.717, 1.165) is 24.2 Å². The fraction of sp³-hybridized carbons (Fsp3) is 0.375. The van der Waals surface area contributed by atoms with Crippen LogP contribution < -0.4 is 5.32 Å². The first-order chi connectivity index (χ1) is 8.99. The van der Waals surface area contributed by atoms with E-state index in [1.54, 1.807) is 17.4 Å². The van der Waals surface area contributed by atoms with Gasteiger partial charge in [-0.3, -0.25) is 0 Å². The van der Waals surface area contributed by atoms with Crippen LogP contribution in [0.1, 0.15) is 29.9 Å². The van der Waals surface area contributed by atoms with Gasteiger partial charge in [0.2, 0.25) is 0 Å². The molecule has 0 saturated heterocycles. The molecule has 3 heteroatoms. The van der Waals surface area contributed by atoms with Crippen LogP contribution in [0.4, 0.5) is 4.39 Å². The first-order valence-corrected chi connectivity index (χ1v) is 7.37. The second-order valence-corrected chi connectivity index (χ2v) is 6.48. The molecule has 0 aliphatic rings. The predicted octanol–water partition coefficient (Wildman–Crippen LogP) is 4.26. The Labute approximate surface area is 118 Å². The van der Waals surface area contributed by atoms with E-state index in [1.807, 2.05) is 13.0 Å². The zero-order valence-corrected chi connectivity index (χ0v) is 12.5. The topological polar surface area (TPSA) is 12.0 Å². The van der Waals surface area contributed by atoms with E-state index in [2.05, 4.69) is 36.7 Å². The summed E-state index contributed by atoms with van der Waals surface area (Å²) in [6.45, 7) is 8.11. The second kappa shape index (κ2) is 5.85. The molecule has 0 saturated carbocycles. The lowest BCUT2D eigenvalue weighted by atomic mass is 9.91. The van der Waals surface area contributed by atoms with Gasteiger partial charge in [-0.1, -0.05) is 26.0 Å². The summed E-state index contributed by atoms with van der Waals surface area (Å²) in [5, 5.41) is 5.59. The lowest BCUT2D eigenvalue weighted by Gasteiger charge is -2.24. The van der Waals surface area contributed by atoms with Crippen LogP contribution in [0.5, 0.6) is 0 Å². The largest absolute Gasteiger partial charge is 0.312 e. The number of thiophene rings is 1. The number of nitrogens with one attached hydrogen (secondary N) is 1. The van der Waals surface area contributed by atoms with Gasteiger partial charge in [0.1, 0.15) is 5.82 Å². The molecule has 0 amide bonds. The normalized spacial score (nSPS) is 11.8. The monoisotopic (exact) mass is 277 g/mol. The van der Waals surface area contributed by atoms with E-state index in [-0.39, 0.29) is 11.2 Å². The molecule has 0 radical (unpaired) electrons. The van der Waals surface area contributed by atoms with E-state index < -0.39 is 0 Å². The molecule has 102 valence electrons. The van der Waals surface area contributed by atoms with Gasteiger partial charge in [-0.2, -0.15) is 0 Å². The Kier molecular flexibility index (Phi) is 4.38. The summed E-state index contributed by atoms with van der Waals surface area (Å²) >= 11 is 1.79. The van der Waals surface area contributed by atoms with Crippen molar-refractivity contribution in [1.82, 2.24) is 5.32 Å². The molecule has 0 bridgehead atoms. The van der Waals surface area contributed by atoms with E-state index in [9.17, 15) is 4.39 Å². The number of hydrogen-bond acceptors (Lipinski definition) is 2. The summed E-state index contributed by atoms with van der Waals surface area (Å²) < 4.78 is 13.0. The Morgan fingerprint density at radius 3 is 2.68 bits per heavy atom. The van der Waals surface area contributed by atoms with Crippen molar-refractivity contribution in [2.24, 2.45) is 0 Å². The Hall–Kier alpha value is -1.19. The number of aryl methyl sites for hydroxylation is 1. The molecule has 19 heavy (non-hydrogen) atoms. The lowest BCUT2D eigenvalue weighted by molar-refractivity contribution is 0.476. The summed E-state index contributed by atoms with van der Waals surface area (Å²) in [6, 6.07) is 9.23. The molecule has 1 heterocycles. The molecule has 2 aromatic rings. The zero-order valence-electron chi connectivity index (χ0n) is 11.7. The molecule has 1 N–H and O–H groups in total. The van der Waals surface area contributed by atoms with Gasteiger partial charge in [0.05, 0.1) is 0 Å². The second-order valence-electron chi connectivity index (χ2n) is 5.54. The molecule has 1 aromatic carbocycles. The smallest absolute Gasteiger partial charge is 0.123 e. The third-order valence-corrected chi connectivity index (χ3v) is 4.61. The zero-order chi connectivity index (χ0) is 13.9. The van der Waals surface area contributed by atoms with Crippen molar-refractivity contribution in [2.75, 3.05) is 6.54 Å². The fourth-order valence-electron chi connectivity index (χ4n) is 2.12. The summed E-state index contributed by atoms with van der Waals surface area (Å²) in [6.07, 6.45) is 0. The summed E-state index contributed by atoms with van der Waals surface area (Å²) in [5.74, 6) is -0.167. The molecular weight excluding hydrogens is 257 g/mol. The van der Waals surface area contributed by atoms with Gasteiger partial charge in [-0.05, 0) is 41.6 Å². The third-order valence-electron chi connectivity index (χ3n) is 3.38. The predicted molar refractivity (Wildman–Crippen MR) is 80.2 cm³/mol. The van der Waals surface area contributed by atoms with E-state index in [1.165, 1.54) is 10.9 Å². The molecule has 0 aliphatic heterocycles. The number of hydrogen-bond donors (Lipinski definition) is 1. The highest BCUT2D eigenvalue weighted by Crippen LogP contribution is 2.26. The van der Waals surface area contributed by atoms with Crippen LogP contribution in [0.25, 0.3) is 0 Å². The molecule has 0 spiro atoms. The Balaban J connectivity index is 1.93. The minimum atomic E-state index is -0.167. The van der Waals surface area contributed by atoms with Crippen molar-refractivity contribution in [1.29, 1.82) is 0 Å². The molecule has 1 aromatic heterocycles. The SMILES string of the molecule is Cc1cc(F)ccc1CNCC(C)(C)c1cccs1. The van der Waals surface area contributed by atoms with Crippen molar-refractivity contribution in [3.05, 3.63) is 57.5 Å². The van der Waals surface area contributed by atoms with Crippen LogP contribution in [0, 0.1) is 12.7 Å². The first kappa shape index (κ1) is 14.2. The van der Waals surface area contributed by atoms with Crippen LogP contribution in [0.3, 0.4) is 0 Å². The highest BCUT2D eigenvalue weighted by molar-refractivity contribution is 7.10. The average molecular weight is 277 g/mol. The van der Waals surface area contributed by atoms with Gasteiger partial charge in [0.15, 0.2) is 0 Å².